The fourth-order valence-electron chi connectivity index (χ4n) is 4.66. The zero-order valence-corrected chi connectivity index (χ0v) is 24.2. The Kier molecular flexibility index (Phi) is 5.70. The van der Waals surface area contributed by atoms with Crippen LogP contribution in [0.4, 0.5) is 17.5 Å². The molecule has 9 nitrogen and oxygen atoms in total. The van der Waals surface area contributed by atoms with Gasteiger partial charge in [0.15, 0.2) is 13.9 Å². The van der Waals surface area contributed by atoms with Crippen LogP contribution in [0.5, 0.6) is 0 Å². The molecule has 0 aliphatic carbocycles. The summed E-state index contributed by atoms with van der Waals surface area (Å²) >= 11 is 0. The Morgan fingerprint density at radius 3 is 2.41 bits per heavy atom. The average Bonchev–Trinajstić information content (AvgIpc) is 3.47. The zero-order chi connectivity index (χ0) is 26.9. The van der Waals surface area contributed by atoms with Crippen molar-refractivity contribution in [2.24, 2.45) is 7.05 Å². The van der Waals surface area contributed by atoms with E-state index in [9.17, 15) is 0 Å². The van der Waals surface area contributed by atoms with E-state index in [4.69, 9.17) is 15.8 Å². The molecule has 5 rings (SSSR count). The molecule has 5 aromatic rings. The third-order valence-electron chi connectivity index (χ3n) is 7.73. The highest BCUT2D eigenvalue weighted by molar-refractivity contribution is 6.79. The van der Waals surface area contributed by atoms with Crippen LogP contribution in [0, 0.1) is 6.92 Å². The number of nitrogens with one attached hydrogen (secondary N) is 1. The van der Waals surface area contributed by atoms with Crippen molar-refractivity contribution in [1.29, 1.82) is 0 Å². The molecule has 0 aliphatic rings. The van der Waals surface area contributed by atoms with Crippen LogP contribution in [0.1, 0.15) is 46.4 Å². The van der Waals surface area contributed by atoms with Crippen LogP contribution in [0.2, 0.25) is 18.1 Å². The molecule has 0 saturated carbocycles. The van der Waals surface area contributed by atoms with Gasteiger partial charge in [0.2, 0.25) is 5.95 Å². The number of hydrogen-bond acceptors (Lipinski definition) is 6. The number of anilines is 3. The van der Waals surface area contributed by atoms with Gasteiger partial charge in [0.25, 0.3) is 0 Å². The lowest BCUT2D eigenvalue weighted by Crippen LogP contribution is -2.44. The second kappa shape index (κ2) is 8.44. The minimum atomic E-state index is -1.75. The largest absolute Gasteiger partial charge is 0.383 e. The van der Waals surface area contributed by atoms with Crippen molar-refractivity contribution in [2.45, 2.75) is 65.7 Å². The van der Waals surface area contributed by atoms with E-state index in [0.29, 0.717) is 17.4 Å². The Hall–Kier alpha value is -3.66. The maximum Gasteiger partial charge on any atom is 0.231 e. The van der Waals surface area contributed by atoms with E-state index in [-0.39, 0.29) is 11.1 Å². The van der Waals surface area contributed by atoms with Gasteiger partial charge in [-0.1, -0.05) is 39.9 Å². The molecule has 0 radical (unpaired) electrons. The highest BCUT2D eigenvalue weighted by Crippen LogP contribution is 2.40. The lowest BCUT2D eigenvalue weighted by molar-refractivity contribution is 0.548. The van der Waals surface area contributed by atoms with Gasteiger partial charge in [0.05, 0.1) is 16.8 Å². The average molecular weight is 516 g/mol. The number of rotatable bonds is 5. The van der Waals surface area contributed by atoms with Gasteiger partial charge < -0.3 is 15.3 Å². The summed E-state index contributed by atoms with van der Waals surface area (Å²) in [6, 6.07) is 8.86. The summed E-state index contributed by atoms with van der Waals surface area (Å²) in [6.45, 7) is 18.0. The molecule has 0 atom stereocenters. The molecule has 37 heavy (non-hydrogen) atoms. The summed E-state index contributed by atoms with van der Waals surface area (Å²) in [6.07, 6.45) is 4.14. The first kappa shape index (κ1) is 25.0. The molecule has 0 saturated heterocycles. The number of benzene rings is 1. The van der Waals surface area contributed by atoms with Crippen LogP contribution in [-0.4, -0.2) is 42.0 Å². The SMILES string of the molecule is Cc1nn(C)cc1Nc1nc(N)c2c(-c3ccc4c(ccn4[Si](C)(C)C(C)(C)C)c3)nn(C(C)C)c2n1. The summed E-state index contributed by atoms with van der Waals surface area (Å²) < 4.78 is 6.19. The van der Waals surface area contributed by atoms with Gasteiger partial charge in [-0.2, -0.15) is 20.2 Å². The molecular formula is C27H37N9Si. The quantitative estimate of drug-likeness (QED) is 0.268. The Bertz CT molecular complexity index is 1630. The predicted octanol–water partition coefficient (Wildman–Crippen LogP) is 6.25. The van der Waals surface area contributed by atoms with Crippen molar-refractivity contribution in [3.63, 3.8) is 0 Å². The molecule has 10 heteroatoms. The molecule has 0 fully saturated rings. The molecule has 4 heterocycles. The van der Waals surface area contributed by atoms with Crippen LogP contribution >= 0.6 is 0 Å². The number of aryl methyl sites for hydroxylation is 2. The van der Waals surface area contributed by atoms with Crippen molar-refractivity contribution in [2.75, 3.05) is 11.1 Å². The van der Waals surface area contributed by atoms with Crippen LogP contribution in [0.15, 0.2) is 36.7 Å². The van der Waals surface area contributed by atoms with Gasteiger partial charge in [-0.05, 0) is 55.6 Å². The number of nitrogen functional groups attached to an aromatic ring is 1. The summed E-state index contributed by atoms with van der Waals surface area (Å²) in [4.78, 5) is 9.44. The monoisotopic (exact) mass is 515 g/mol. The minimum absolute atomic E-state index is 0.0990. The third-order valence-corrected chi connectivity index (χ3v) is 13.0. The Balaban J connectivity index is 1.63. The molecule has 0 unspecified atom stereocenters. The first-order valence-corrected chi connectivity index (χ1v) is 15.7. The highest BCUT2D eigenvalue weighted by Gasteiger charge is 2.38. The topological polar surface area (TPSA) is 104 Å². The molecular weight excluding hydrogens is 478 g/mol. The third kappa shape index (κ3) is 4.09. The van der Waals surface area contributed by atoms with E-state index in [1.165, 1.54) is 10.9 Å². The molecule has 4 aromatic heterocycles. The first-order chi connectivity index (χ1) is 17.3. The van der Waals surface area contributed by atoms with Gasteiger partial charge in [-0.3, -0.25) is 4.68 Å². The molecule has 0 spiro atoms. The number of hydrogen-bond donors (Lipinski definition) is 2. The first-order valence-electron chi connectivity index (χ1n) is 12.7. The van der Waals surface area contributed by atoms with E-state index >= 15 is 0 Å². The van der Waals surface area contributed by atoms with Crippen molar-refractivity contribution >= 4 is 47.6 Å². The van der Waals surface area contributed by atoms with E-state index in [1.54, 1.807) is 4.68 Å². The standard InChI is InChI=1S/C27H37N9Si/c1-16(2)36-25-22(24(28)30-26(31-25)29-20-15-34(7)32-17(20)3)23(33-36)19-10-11-21-18(14-19)12-13-35(21)37(8,9)27(4,5)6/h10-16H,1-9H3,(H3,28,29,30,31). The maximum absolute atomic E-state index is 6.56. The lowest BCUT2D eigenvalue weighted by Gasteiger charge is -2.38. The number of nitrogens with zero attached hydrogens (tertiary/aromatic N) is 7. The molecule has 194 valence electrons. The number of nitrogens with two attached hydrogens (primary N) is 1. The van der Waals surface area contributed by atoms with E-state index < -0.39 is 8.24 Å². The Morgan fingerprint density at radius 2 is 1.78 bits per heavy atom. The Morgan fingerprint density at radius 1 is 1.05 bits per heavy atom. The van der Waals surface area contributed by atoms with Gasteiger partial charge in [0.1, 0.15) is 11.5 Å². The fraction of sp³-hybridized carbons (Fsp3) is 0.407. The van der Waals surface area contributed by atoms with Crippen LogP contribution in [-0.2, 0) is 7.05 Å². The van der Waals surface area contributed by atoms with Gasteiger partial charge >= 0.3 is 0 Å². The summed E-state index contributed by atoms with van der Waals surface area (Å²) in [5.41, 5.74) is 12.0. The fourth-order valence-corrected chi connectivity index (χ4v) is 6.64. The van der Waals surface area contributed by atoms with E-state index in [1.807, 2.05) is 24.9 Å². The minimum Gasteiger partial charge on any atom is -0.383 e. The van der Waals surface area contributed by atoms with E-state index in [2.05, 4.69) is 97.8 Å². The van der Waals surface area contributed by atoms with Gasteiger partial charge in [-0.15, -0.1) is 0 Å². The van der Waals surface area contributed by atoms with Crippen molar-refractivity contribution in [3.05, 3.63) is 42.4 Å². The molecule has 3 N–H and O–H groups in total. The van der Waals surface area contributed by atoms with E-state index in [0.717, 1.165) is 28.0 Å². The van der Waals surface area contributed by atoms with Crippen molar-refractivity contribution in [1.82, 2.24) is 33.8 Å². The normalized spacial score (nSPS) is 12.8. The highest BCUT2D eigenvalue weighted by atomic mass is 28.3. The van der Waals surface area contributed by atoms with Crippen molar-refractivity contribution < 1.29 is 0 Å². The second-order valence-electron chi connectivity index (χ2n) is 11.7. The number of aromatic nitrogens is 7. The maximum atomic E-state index is 6.56. The van der Waals surface area contributed by atoms with Crippen molar-refractivity contribution in [3.8, 4) is 11.3 Å². The Labute approximate surface area is 218 Å². The summed E-state index contributed by atoms with van der Waals surface area (Å²) in [5, 5.41) is 14.8. The molecule has 1 aromatic carbocycles. The molecule has 0 amide bonds. The zero-order valence-electron chi connectivity index (χ0n) is 23.2. The van der Waals surface area contributed by atoms with Gasteiger partial charge in [-0.25, -0.2) is 4.68 Å². The summed E-state index contributed by atoms with van der Waals surface area (Å²) in [5.74, 6) is 0.825. The van der Waals surface area contributed by atoms with Crippen LogP contribution in [0.25, 0.3) is 33.2 Å². The lowest BCUT2D eigenvalue weighted by atomic mass is 10.1. The van der Waals surface area contributed by atoms with Crippen LogP contribution < -0.4 is 11.1 Å². The smallest absolute Gasteiger partial charge is 0.231 e. The second-order valence-corrected chi connectivity index (χ2v) is 16.8. The predicted molar refractivity (Wildman–Crippen MR) is 155 cm³/mol. The summed E-state index contributed by atoms with van der Waals surface area (Å²) in [7, 11) is 0.132. The van der Waals surface area contributed by atoms with Crippen LogP contribution in [0.3, 0.4) is 0 Å². The molecule has 0 aliphatic heterocycles. The number of fused-ring (bicyclic) bond motifs is 2. The van der Waals surface area contributed by atoms with Gasteiger partial charge in [0, 0.05) is 30.4 Å². The molecule has 0 bridgehead atoms.